The van der Waals surface area contributed by atoms with E-state index in [4.69, 9.17) is 0 Å². The van der Waals surface area contributed by atoms with E-state index in [2.05, 4.69) is 61.1 Å². The summed E-state index contributed by atoms with van der Waals surface area (Å²) in [5.41, 5.74) is 0. The highest BCUT2D eigenvalue weighted by molar-refractivity contribution is 7.16. The number of nitrogens with zero attached hydrogens (tertiary/aromatic N) is 4. The summed E-state index contributed by atoms with van der Waals surface area (Å²) < 4.78 is 0. The maximum atomic E-state index is 4.45. The van der Waals surface area contributed by atoms with Crippen LogP contribution in [0, 0.1) is 0 Å². The van der Waals surface area contributed by atoms with Crippen LogP contribution in [0.5, 0.6) is 0 Å². The molecule has 1 aliphatic heterocycles. The minimum absolute atomic E-state index is 0.391. The molecule has 1 aliphatic rings. The van der Waals surface area contributed by atoms with Crippen LogP contribution < -0.4 is 5.32 Å². The van der Waals surface area contributed by atoms with Gasteiger partial charge < -0.3 is 10.2 Å². The van der Waals surface area contributed by atoms with Crippen molar-refractivity contribution in [1.29, 1.82) is 0 Å². The van der Waals surface area contributed by atoms with Crippen LogP contribution in [0.3, 0.4) is 0 Å². The van der Waals surface area contributed by atoms with Crippen molar-refractivity contribution in [2.75, 3.05) is 45.1 Å². The average molecular weight is 360 g/mol. The molecule has 3 aromatic heterocycles. The van der Waals surface area contributed by atoms with Crippen LogP contribution in [0.25, 0.3) is 10.2 Å². The second-order valence-electron chi connectivity index (χ2n) is 6.11. The quantitative estimate of drug-likeness (QED) is 0.758. The number of rotatable bonds is 5. The number of thiophene rings is 2. The smallest absolute Gasteiger partial charge is 0.138 e. The van der Waals surface area contributed by atoms with E-state index >= 15 is 0 Å². The normalized spacial score (nSPS) is 18.0. The highest BCUT2D eigenvalue weighted by Gasteiger charge is 2.24. The summed E-state index contributed by atoms with van der Waals surface area (Å²) in [6.07, 6.45) is 1.65. The molecule has 24 heavy (non-hydrogen) atoms. The van der Waals surface area contributed by atoms with Gasteiger partial charge in [-0.2, -0.15) is 0 Å². The van der Waals surface area contributed by atoms with Gasteiger partial charge in [0.2, 0.25) is 0 Å². The lowest BCUT2D eigenvalue weighted by Gasteiger charge is -2.37. The second kappa shape index (κ2) is 7.14. The van der Waals surface area contributed by atoms with Crippen molar-refractivity contribution in [3.05, 3.63) is 40.2 Å². The fourth-order valence-electron chi connectivity index (χ4n) is 3.15. The first-order valence-electron chi connectivity index (χ1n) is 8.19. The maximum absolute atomic E-state index is 4.45. The van der Waals surface area contributed by atoms with Gasteiger partial charge in [-0.1, -0.05) is 6.07 Å². The number of hydrogen-bond acceptors (Lipinski definition) is 7. The summed E-state index contributed by atoms with van der Waals surface area (Å²) in [6, 6.07) is 6.88. The van der Waals surface area contributed by atoms with E-state index in [0.717, 1.165) is 48.8 Å². The summed E-state index contributed by atoms with van der Waals surface area (Å²) in [4.78, 5) is 16.2. The molecule has 1 fully saturated rings. The van der Waals surface area contributed by atoms with Gasteiger partial charge in [0.15, 0.2) is 0 Å². The summed E-state index contributed by atoms with van der Waals surface area (Å²) >= 11 is 3.50. The summed E-state index contributed by atoms with van der Waals surface area (Å²) in [6.45, 7) is 5.34. The molecule has 4 heterocycles. The number of likely N-dealkylation sites (N-methyl/N-ethyl adjacent to an activating group) is 1. The molecule has 0 radical (unpaired) electrons. The predicted molar refractivity (Wildman–Crippen MR) is 102 cm³/mol. The first-order valence-corrected chi connectivity index (χ1v) is 9.95. The molecule has 7 heteroatoms. The zero-order valence-corrected chi connectivity index (χ0v) is 15.3. The lowest BCUT2D eigenvalue weighted by molar-refractivity contribution is 0.118. The number of nitrogens with one attached hydrogen (secondary N) is 1. The Morgan fingerprint density at radius 3 is 2.79 bits per heavy atom. The fraction of sp³-hybridized carbons (Fsp3) is 0.412. The Kier molecular flexibility index (Phi) is 4.75. The molecule has 0 spiro atoms. The molecule has 1 N–H and O–H groups in total. The van der Waals surface area contributed by atoms with E-state index in [1.165, 1.54) is 4.88 Å². The summed E-state index contributed by atoms with van der Waals surface area (Å²) in [5, 5.41) is 8.93. The van der Waals surface area contributed by atoms with Crippen molar-refractivity contribution < 1.29 is 0 Å². The second-order valence-corrected chi connectivity index (χ2v) is 7.99. The van der Waals surface area contributed by atoms with Crippen molar-refractivity contribution in [2.45, 2.75) is 6.04 Å². The Morgan fingerprint density at radius 1 is 1.12 bits per heavy atom. The van der Waals surface area contributed by atoms with E-state index < -0.39 is 0 Å². The van der Waals surface area contributed by atoms with Gasteiger partial charge in [0.1, 0.15) is 17.0 Å². The molecule has 3 aromatic rings. The highest BCUT2D eigenvalue weighted by Crippen LogP contribution is 2.28. The van der Waals surface area contributed by atoms with Gasteiger partial charge in [0, 0.05) is 37.6 Å². The van der Waals surface area contributed by atoms with Crippen LogP contribution >= 0.6 is 22.7 Å². The molecular weight excluding hydrogens is 338 g/mol. The van der Waals surface area contributed by atoms with Gasteiger partial charge in [0.05, 0.1) is 11.4 Å². The third-order valence-corrected chi connectivity index (χ3v) is 6.37. The van der Waals surface area contributed by atoms with Gasteiger partial charge in [-0.25, -0.2) is 9.97 Å². The number of piperazine rings is 1. The van der Waals surface area contributed by atoms with Crippen molar-refractivity contribution in [3.8, 4) is 0 Å². The van der Waals surface area contributed by atoms with Crippen molar-refractivity contribution >= 4 is 38.7 Å². The van der Waals surface area contributed by atoms with E-state index in [9.17, 15) is 0 Å². The molecule has 1 atom stereocenters. The molecule has 0 amide bonds. The van der Waals surface area contributed by atoms with E-state index in [1.54, 1.807) is 17.7 Å². The molecule has 126 valence electrons. The van der Waals surface area contributed by atoms with Gasteiger partial charge in [-0.3, -0.25) is 4.90 Å². The average Bonchev–Trinajstić information content (AvgIpc) is 3.28. The zero-order valence-electron chi connectivity index (χ0n) is 13.7. The van der Waals surface area contributed by atoms with Crippen molar-refractivity contribution in [3.63, 3.8) is 0 Å². The lowest BCUT2D eigenvalue weighted by Crippen LogP contribution is -2.47. The first-order chi connectivity index (χ1) is 11.8. The van der Waals surface area contributed by atoms with Crippen LogP contribution in [0.15, 0.2) is 35.3 Å². The summed E-state index contributed by atoms with van der Waals surface area (Å²) in [5.74, 6) is 0.942. The van der Waals surface area contributed by atoms with Gasteiger partial charge in [-0.15, -0.1) is 22.7 Å². The Bertz CT molecular complexity index is 777. The Balaban J connectivity index is 1.53. The van der Waals surface area contributed by atoms with Crippen LogP contribution in [-0.2, 0) is 0 Å². The molecule has 0 aromatic carbocycles. The Morgan fingerprint density at radius 2 is 2.00 bits per heavy atom. The molecule has 0 aliphatic carbocycles. The molecule has 0 bridgehead atoms. The van der Waals surface area contributed by atoms with Crippen LogP contribution in [0.2, 0.25) is 0 Å². The molecule has 4 rings (SSSR count). The van der Waals surface area contributed by atoms with Crippen LogP contribution in [-0.4, -0.2) is 59.5 Å². The van der Waals surface area contributed by atoms with Crippen LogP contribution in [0.4, 0.5) is 5.82 Å². The number of aromatic nitrogens is 2. The SMILES string of the molecule is CN1CCN([C@@H](CNc2ncnc3sccc23)c2cccs2)CC1. The Hall–Kier alpha value is -1.54. The van der Waals surface area contributed by atoms with E-state index in [-0.39, 0.29) is 0 Å². The van der Waals surface area contributed by atoms with Gasteiger partial charge in [0.25, 0.3) is 0 Å². The topological polar surface area (TPSA) is 44.3 Å². The number of anilines is 1. The Labute approximate surface area is 150 Å². The minimum atomic E-state index is 0.391. The van der Waals surface area contributed by atoms with Crippen molar-refractivity contribution in [2.24, 2.45) is 0 Å². The molecule has 0 unspecified atom stereocenters. The molecular formula is C17H21N5S2. The zero-order chi connectivity index (χ0) is 16.4. The summed E-state index contributed by atoms with van der Waals surface area (Å²) in [7, 11) is 2.20. The predicted octanol–water partition coefficient (Wildman–Crippen LogP) is 3.15. The highest BCUT2D eigenvalue weighted by atomic mass is 32.1. The van der Waals surface area contributed by atoms with E-state index in [1.807, 2.05) is 11.3 Å². The van der Waals surface area contributed by atoms with Crippen LogP contribution in [0.1, 0.15) is 10.9 Å². The first kappa shape index (κ1) is 16.0. The lowest BCUT2D eigenvalue weighted by atomic mass is 10.1. The minimum Gasteiger partial charge on any atom is -0.367 e. The maximum Gasteiger partial charge on any atom is 0.138 e. The third kappa shape index (κ3) is 3.30. The monoisotopic (exact) mass is 359 g/mol. The molecule has 1 saturated heterocycles. The largest absolute Gasteiger partial charge is 0.367 e. The molecule has 0 saturated carbocycles. The third-order valence-electron chi connectivity index (χ3n) is 4.57. The standard InChI is InChI=1S/C17H21N5S2/c1-21-5-7-22(8-6-21)14(15-3-2-9-23-15)11-18-16-13-4-10-24-17(13)20-12-19-16/h2-4,9-10,12,14H,5-8,11H2,1H3,(H,18,19,20)/t14-/m0/s1. The fourth-order valence-corrected chi connectivity index (χ4v) is 4.74. The number of fused-ring (bicyclic) bond motifs is 1. The van der Waals surface area contributed by atoms with Gasteiger partial charge >= 0.3 is 0 Å². The molecule has 5 nitrogen and oxygen atoms in total. The van der Waals surface area contributed by atoms with Gasteiger partial charge in [-0.05, 0) is 29.9 Å². The van der Waals surface area contributed by atoms with E-state index in [0.29, 0.717) is 6.04 Å². The number of hydrogen-bond donors (Lipinski definition) is 1. The van der Waals surface area contributed by atoms with Crippen molar-refractivity contribution in [1.82, 2.24) is 19.8 Å².